The Kier molecular flexibility index (Phi) is 5.86. The van der Waals surface area contributed by atoms with Crippen LogP contribution in [0.25, 0.3) is 5.76 Å². The van der Waals surface area contributed by atoms with Crippen molar-refractivity contribution in [3.05, 3.63) is 70.2 Å². The molecule has 1 heterocycles. The predicted molar refractivity (Wildman–Crippen MR) is 108 cm³/mol. The van der Waals surface area contributed by atoms with Crippen molar-refractivity contribution >= 4 is 39.1 Å². The van der Waals surface area contributed by atoms with Crippen LogP contribution in [-0.4, -0.2) is 35.3 Å². The second kappa shape index (κ2) is 8.16. The van der Waals surface area contributed by atoms with Crippen LogP contribution >= 0.6 is 15.9 Å². The summed E-state index contributed by atoms with van der Waals surface area (Å²) in [5.74, 6) is -3.76. The van der Waals surface area contributed by atoms with E-state index in [2.05, 4.69) is 21.2 Å². The van der Waals surface area contributed by atoms with Crippen molar-refractivity contribution in [3.63, 3.8) is 0 Å². The molecule has 2 aromatic rings. The molecule has 0 unspecified atom stereocenters. The molecule has 0 bridgehead atoms. The zero-order valence-corrected chi connectivity index (χ0v) is 17.0. The van der Waals surface area contributed by atoms with Gasteiger partial charge in [-0.3, -0.25) is 4.79 Å². The molecule has 0 aromatic heterocycles. The molecule has 0 radical (unpaired) electrons. The molecule has 0 saturated carbocycles. The number of benzene rings is 2. The van der Waals surface area contributed by atoms with Crippen molar-refractivity contribution in [2.75, 3.05) is 11.9 Å². The molecule has 0 amide bonds. The Labute approximate surface area is 171 Å². The Morgan fingerprint density at radius 1 is 1.21 bits per heavy atom. The van der Waals surface area contributed by atoms with Gasteiger partial charge in [-0.1, -0.05) is 45.8 Å². The first-order valence-electron chi connectivity index (χ1n) is 8.77. The van der Waals surface area contributed by atoms with Crippen LogP contribution in [0.15, 0.2) is 59.1 Å². The third-order valence-electron chi connectivity index (χ3n) is 4.29. The fourth-order valence-corrected chi connectivity index (χ4v) is 3.05. The number of carbonyl (C=O) groups is 2. The maximum Gasteiger partial charge on any atom is 0.336 e. The molecule has 2 aromatic carbocycles. The second-order valence-corrected chi connectivity index (χ2v) is 7.29. The van der Waals surface area contributed by atoms with Gasteiger partial charge in [-0.25, -0.2) is 4.79 Å². The van der Waals surface area contributed by atoms with E-state index in [1.165, 1.54) is 6.08 Å². The van der Waals surface area contributed by atoms with Gasteiger partial charge >= 0.3 is 11.8 Å². The van der Waals surface area contributed by atoms with Crippen molar-refractivity contribution in [1.82, 2.24) is 0 Å². The van der Waals surface area contributed by atoms with Crippen LogP contribution in [0.1, 0.15) is 18.1 Å². The van der Waals surface area contributed by atoms with E-state index in [0.717, 1.165) is 10.0 Å². The summed E-state index contributed by atoms with van der Waals surface area (Å²) in [5.41, 5.74) is 2.18. The molecule has 0 aliphatic carbocycles. The smallest absolute Gasteiger partial charge is 0.336 e. The number of aryl methyl sites for hydroxylation is 1. The molecule has 7 heteroatoms. The topological polar surface area (TPSA) is 84.9 Å². The van der Waals surface area contributed by atoms with Crippen LogP contribution in [0.2, 0.25) is 0 Å². The molecule has 6 nitrogen and oxygen atoms in total. The highest BCUT2D eigenvalue weighted by Gasteiger charge is 2.54. The fourth-order valence-electron chi connectivity index (χ4n) is 2.79. The van der Waals surface area contributed by atoms with E-state index in [0.29, 0.717) is 11.3 Å². The Morgan fingerprint density at radius 2 is 1.86 bits per heavy atom. The minimum atomic E-state index is -2.42. The number of anilines is 1. The molecule has 146 valence electrons. The number of aliphatic hydroxyl groups is 1. The first-order chi connectivity index (χ1) is 13.3. The Morgan fingerprint density at radius 3 is 2.46 bits per heavy atom. The van der Waals surface area contributed by atoms with Crippen LogP contribution in [0.3, 0.4) is 0 Å². The maximum atomic E-state index is 12.6. The number of hydrogen-bond acceptors (Lipinski definition) is 6. The van der Waals surface area contributed by atoms with E-state index >= 15 is 0 Å². The molecule has 28 heavy (non-hydrogen) atoms. The monoisotopic (exact) mass is 445 g/mol. The lowest BCUT2D eigenvalue weighted by Gasteiger charge is -2.30. The normalized spacial score (nSPS) is 19.6. The van der Waals surface area contributed by atoms with Crippen molar-refractivity contribution in [2.45, 2.75) is 25.7 Å². The molecule has 0 spiro atoms. The molecule has 0 fully saturated rings. The lowest BCUT2D eigenvalue weighted by molar-refractivity contribution is -0.186. The van der Waals surface area contributed by atoms with Gasteiger partial charge in [0, 0.05) is 21.8 Å². The molecule has 2 atom stereocenters. The number of carbonyl (C=O) groups excluding carboxylic acids is 2. The van der Waals surface area contributed by atoms with Crippen LogP contribution in [0.5, 0.6) is 0 Å². The number of rotatable bonds is 6. The van der Waals surface area contributed by atoms with Gasteiger partial charge in [0.2, 0.25) is 5.78 Å². The molecule has 3 rings (SSSR count). The van der Waals surface area contributed by atoms with Gasteiger partial charge in [0.15, 0.2) is 6.04 Å². The average molecular weight is 446 g/mol. The first-order valence-corrected chi connectivity index (χ1v) is 9.56. The summed E-state index contributed by atoms with van der Waals surface area (Å²) in [5, 5.41) is 13.9. The van der Waals surface area contributed by atoms with Gasteiger partial charge in [-0.05, 0) is 38.1 Å². The van der Waals surface area contributed by atoms with E-state index in [1.807, 2.05) is 19.1 Å². The summed E-state index contributed by atoms with van der Waals surface area (Å²) in [4.78, 5) is 25.2. The number of ether oxygens (including phenoxy) is 2. The fraction of sp³-hybridized carbons (Fsp3) is 0.238. The summed E-state index contributed by atoms with van der Waals surface area (Å²) < 4.78 is 11.5. The zero-order valence-electron chi connectivity index (χ0n) is 15.4. The average Bonchev–Trinajstić information content (AvgIpc) is 2.97. The van der Waals surface area contributed by atoms with E-state index in [9.17, 15) is 14.7 Å². The summed E-state index contributed by atoms with van der Waals surface area (Å²) in [6, 6.07) is 12.8. The van der Waals surface area contributed by atoms with Crippen LogP contribution < -0.4 is 5.32 Å². The molecule has 1 aliphatic rings. The highest BCUT2D eigenvalue weighted by molar-refractivity contribution is 9.10. The highest BCUT2D eigenvalue weighted by atomic mass is 79.9. The van der Waals surface area contributed by atoms with Crippen molar-refractivity contribution in [3.8, 4) is 0 Å². The maximum absolute atomic E-state index is 12.6. The highest BCUT2D eigenvalue weighted by Crippen LogP contribution is 2.34. The molecule has 0 saturated heterocycles. The predicted octanol–water partition coefficient (Wildman–Crippen LogP) is 3.43. The summed E-state index contributed by atoms with van der Waals surface area (Å²) >= 11 is 3.34. The Hall–Kier alpha value is -2.64. The summed E-state index contributed by atoms with van der Waals surface area (Å²) in [6.07, 6.45) is 1.19. The summed E-state index contributed by atoms with van der Waals surface area (Å²) in [6.45, 7) is 3.67. The number of nitrogens with one attached hydrogen (secondary N) is 1. The number of ketones is 1. The van der Waals surface area contributed by atoms with Gasteiger partial charge in [0.05, 0.1) is 6.61 Å². The van der Waals surface area contributed by atoms with Gasteiger partial charge in [-0.15, -0.1) is 0 Å². The third-order valence-corrected chi connectivity index (χ3v) is 4.81. The van der Waals surface area contributed by atoms with Crippen LogP contribution in [0, 0.1) is 6.92 Å². The number of esters is 1. The van der Waals surface area contributed by atoms with Gasteiger partial charge in [0.1, 0.15) is 5.76 Å². The van der Waals surface area contributed by atoms with Gasteiger partial charge in [0.25, 0.3) is 0 Å². The van der Waals surface area contributed by atoms with Crippen LogP contribution in [0.4, 0.5) is 5.69 Å². The minimum absolute atomic E-state index is 0.0994. The third kappa shape index (κ3) is 4.10. The van der Waals surface area contributed by atoms with Crippen molar-refractivity contribution in [2.24, 2.45) is 0 Å². The SMILES string of the molecule is CCOC(=O)[C@@H](Nc1ccc(C)cc1)[C@@]1(O)OC(c2ccc(Br)cc2)=CC1=O. The molecule has 1 aliphatic heterocycles. The molecule has 2 N–H and O–H groups in total. The number of hydrogen-bond donors (Lipinski definition) is 2. The summed E-state index contributed by atoms with van der Waals surface area (Å²) in [7, 11) is 0. The quantitative estimate of drug-likeness (QED) is 0.662. The molecular weight excluding hydrogens is 426 g/mol. The Bertz CT molecular complexity index is 907. The molecular formula is C21H20BrNO5. The van der Waals surface area contributed by atoms with Gasteiger partial charge in [-0.2, -0.15) is 0 Å². The van der Waals surface area contributed by atoms with Crippen LogP contribution in [-0.2, 0) is 19.1 Å². The van der Waals surface area contributed by atoms with E-state index in [1.54, 1.807) is 43.3 Å². The van der Waals surface area contributed by atoms with Crippen molar-refractivity contribution in [1.29, 1.82) is 0 Å². The van der Waals surface area contributed by atoms with E-state index in [4.69, 9.17) is 9.47 Å². The number of halogens is 1. The van der Waals surface area contributed by atoms with E-state index in [-0.39, 0.29) is 12.4 Å². The van der Waals surface area contributed by atoms with Gasteiger partial charge < -0.3 is 19.9 Å². The second-order valence-electron chi connectivity index (χ2n) is 6.37. The minimum Gasteiger partial charge on any atom is -0.464 e. The largest absolute Gasteiger partial charge is 0.464 e. The zero-order chi connectivity index (χ0) is 20.3. The lowest BCUT2D eigenvalue weighted by Crippen LogP contribution is -2.56. The Balaban J connectivity index is 1.90. The first kappa shape index (κ1) is 20.1. The lowest BCUT2D eigenvalue weighted by atomic mass is 10.0. The van der Waals surface area contributed by atoms with Crippen molar-refractivity contribution < 1.29 is 24.2 Å². The van der Waals surface area contributed by atoms with E-state index < -0.39 is 23.6 Å². The standard InChI is InChI=1S/C21H20BrNO5/c1-3-27-20(25)19(23-16-10-4-13(2)5-11-16)21(26)18(24)12-17(28-21)14-6-8-15(22)9-7-14/h4-12,19,23,26H,3H2,1-2H3/t19-,21+/m1/s1.